The maximum Gasteiger partial charge on any atom is 0.331 e. The van der Waals surface area contributed by atoms with Gasteiger partial charge in [-0.3, -0.25) is 4.79 Å². The van der Waals surface area contributed by atoms with Gasteiger partial charge in [0, 0.05) is 31.2 Å². The number of rotatable bonds is 8. The minimum atomic E-state index is -3.56. The Labute approximate surface area is 178 Å². The van der Waals surface area contributed by atoms with E-state index in [4.69, 9.17) is 9.47 Å². The molecule has 0 saturated carbocycles. The summed E-state index contributed by atoms with van der Waals surface area (Å²) in [5.74, 6) is -0.889. The van der Waals surface area contributed by atoms with Crippen molar-refractivity contribution < 1.29 is 27.5 Å². The fraction of sp³-hybridized carbons (Fsp3) is 0.524. The summed E-state index contributed by atoms with van der Waals surface area (Å²) in [6, 6.07) is 6.26. The molecule has 8 nitrogen and oxygen atoms in total. The lowest BCUT2D eigenvalue weighted by molar-refractivity contribution is -0.150. The van der Waals surface area contributed by atoms with Crippen molar-refractivity contribution in [2.75, 3.05) is 32.9 Å². The first-order valence-corrected chi connectivity index (χ1v) is 11.4. The number of hydrogen-bond donors (Lipinski definition) is 0. The predicted octanol–water partition coefficient (Wildman–Crippen LogP) is 1.91. The molecule has 30 heavy (non-hydrogen) atoms. The summed E-state index contributed by atoms with van der Waals surface area (Å²) < 4.78 is 36.8. The van der Waals surface area contributed by atoms with Crippen molar-refractivity contribution in [3.63, 3.8) is 0 Å². The number of benzene rings is 1. The van der Waals surface area contributed by atoms with Gasteiger partial charge in [0.25, 0.3) is 5.91 Å². The molecular formula is C21H30N2O6S. The molecular weight excluding hydrogens is 408 g/mol. The molecule has 1 saturated heterocycles. The van der Waals surface area contributed by atoms with Crippen LogP contribution in [0.25, 0.3) is 6.08 Å². The van der Waals surface area contributed by atoms with Crippen LogP contribution in [0.3, 0.4) is 0 Å². The Kier molecular flexibility index (Phi) is 8.57. The number of nitrogens with zero attached hydrogens (tertiary/aromatic N) is 2. The standard InChI is InChI=1S/C21H30N2O6S/c1-16(2)23(17(3)4)20(24)15-29-21(25)10-7-18-5-8-19(9-6-18)30(26,27)22-11-13-28-14-12-22/h5-10,16-17H,11-15H2,1-4H3/b10-7-. The molecule has 0 aliphatic carbocycles. The summed E-state index contributed by atoms with van der Waals surface area (Å²) in [4.78, 5) is 26.0. The third kappa shape index (κ3) is 6.38. The largest absolute Gasteiger partial charge is 0.452 e. The fourth-order valence-corrected chi connectivity index (χ4v) is 4.69. The average molecular weight is 439 g/mol. The van der Waals surface area contributed by atoms with E-state index in [1.54, 1.807) is 17.0 Å². The van der Waals surface area contributed by atoms with E-state index in [1.165, 1.54) is 28.6 Å². The third-order valence-corrected chi connectivity index (χ3v) is 6.55. The molecule has 1 fully saturated rings. The van der Waals surface area contributed by atoms with E-state index in [0.717, 1.165) is 0 Å². The Morgan fingerprint density at radius 3 is 2.20 bits per heavy atom. The van der Waals surface area contributed by atoms with Gasteiger partial charge in [-0.15, -0.1) is 0 Å². The van der Waals surface area contributed by atoms with Crippen LogP contribution in [0.1, 0.15) is 33.3 Å². The van der Waals surface area contributed by atoms with Crippen molar-refractivity contribution >= 4 is 28.0 Å². The molecule has 0 bridgehead atoms. The third-order valence-electron chi connectivity index (χ3n) is 4.64. The second-order valence-electron chi connectivity index (χ2n) is 7.52. The number of morpholine rings is 1. The number of esters is 1. The first kappa shape index (κ1) is 24.0. The molecule has 1 aliphatic heterocycles. The quantitative estimate of drug-likeness (QED) is 0.455. The molecule has 0 aromatic heterocycles. The Balaban J connectivity index is 1.93. The zero-order chi connectivity index (χ0) is 22.3. The van der Waals surface area contributed by atoms with Gasteiger partial charge in [0.15, 0.2) is 6.61 Å². The number of carbonyl (C=O) groups excluding carboxylic acids is 2. The number of amides is 1. The van der Waals surface area contributed by atoms with Crippen LogP contribution in [0.5, 0.6) is 0 Å². The zero-order valence-electron chi connectivity index (χ0n) is 17.9. The molecule has 1 aromatic carbocycles. The molecule has 0 atom stereocenters. The molecule has 0 spiro atoms. The Bertz CT molecular complexity index is 848. The molecule has 0 unspecified atom stereocenters. The van der Waals surface area contributed by atoms with Gasteiger partial charge in [0.05, 0.1) is 18.1 Å². The minimum Gasteiger partial charge on any atom is -0.452 e. The Morgan fingerprint density at radius 2 is 1.67 bits per heavy atom. The smallest absolute Gasteiger partial charge is 0.331 e. The molecule has 166 valence electrons. The van der Waals surface area contributed by atoms with Gasteiger partial charge < -0.3 is 14.4 Å². The van der Waals surface area contributed by atoms with Crippen molar-refractivity contribution in [2.24, 2.45) is 0 Å². The first-order chi connectivity index (χ1) is 14.1. The lowest BCUT2D eigenvalue weighted by Crippen LogP contribution is -2.44. The molecule has 1 amide bonds. The van der Waals surface area contributed by atoms with E-state index in [2.05, 4.69) is 0 Å². The van der Waals surface area contributed by atoms with Crippen molar-refractivity contribution in [1.29, 1.82) is 0 Å². The molecule has 2 rings (SSSR count). The summed E-state index contributed by atoms with van der Waals surface area (Å²) in [6.07, 6.45) is 2.73. The first-order valence-electron chi connectivity index (χ1n) is 9.97. The number of sulfonamides is 1. The summed E-state index contributed by atoms with van der Waals surface area (Å²) in [6.45, 7) is 8.74. The normalized spacial score (nSPS) is 15.7. The maximum absolute atomic E-state index is 12.6. The van der Waals surface area contributed by atoms with E-state index in [0.29, 0.717) is 31.9 Å². The highest BCUT2D eigenvalue weighted by atomic mass is 32.2. The highest BCUT2D eigenvalue weighted by molar-refractivity contribution is 7.89. The summed E-state index contributed by atoms with van der Waals surface area (Å²) in [5, 5.41) is 0. The van der Waals surface area contributed by atoms with Crippen LogP contribution in [0, 0.1) is 0 Å². The van der Waals surface area contributed by atoms with Crippen molar-refractivity contribution in [1.82, 2.24) is 9.21 Å². The zero-order valence-corrected chi connectivity index (χ0v) is 18.7. The predicted molar refractivity (Wildman–Crippen MR) is 113 cm³/mol. The second-order valence-corrected chi connectivity index (χ2v) is 9.45. The van der Waals surface area contributed by atoms with Gasteiger partial charge in [-0.25, -0.2) is 13.2 Å². The van der Waals surface area contributed by atoms with E-state index in [9.17, 15) is 18.0 Å². The van der Waals surface area contributed by atoms with E-state index < -0.39 is 16.0 Å². The Morgan fingerprint density at radius 1 is 1.10 bits per heavy atom. The monoisotopic (exact) mass is 438 g/mol. The SMILES string of the molecule is CC(C)N(C(=O)COC(=O)/C=C\c1ccc(S(=O)(=O)N2CCOCC2)cc1)C(C)C. The maximum atomic E-state index is 12.6. The second kappa shape index (κ2) is 10.7. The van der Waals surface area contributed by atoms with E-state index in [1.807, 2.05) is 27.7 Å². The molecule has 1 aromatic rings. The highest BCUT2D eigenvalue weighted by Gasteiger charge is 2.26. The molecule has 1 aliphatic rings. The summed E-state index contributed by atoms with van der Waals surface area (Å²) >= 11 is 0. The van der Waals surface area contributed by atoms with Gasteiger partial charge in [-0.2, -0.15) is 4.31 Å². The molecule has 0 radical (unpaired) electrons. The van der Waals surface area contributed by atoms with Crippen LogP contribution in [0.2, 0.25) is 0 Å². The summed E-state index contributed by atoms with van der Waals surface area (Å²) in [5.41, 5.74) is 0.644. The van der Waals surface area contributed by atoms with Gasteiger partial charge in [0.2, 0.25) is 10.0 Å². The number of ether oxygens (including phenoxy) is 2. The van der Waals surface area contributed by atoms with Crippen LogP contribution in [-0.4, -0.2) is 74.5 Å². The van der Waals surface area contributed by atoms with E-state index >= 15 is 0 Å². The lowest BCUT2D eigenvalue weighted by Gasteiger charge is -2.30. The van der Waals surface area contributed by atoms with Gasteiger partial charge in [0.1, 0.15) is 0 Å². The fourth-order valence-electron chi connectivity index (χ4n) is 3.28. The number of carbonyl (C=O) groups is 2. The average Bonchev–Trinajstić information content (AvgIpc) is 2.71. The van der Waals surface area contributed by atoms with Gasteiger partial charge in [-0.1, -0.05) is 12.1 Å². The summed E-state index contributed by atoms with van der Waals surface area (Å²) in [7, 11) is -3.56. The topological polar surface area (TPSA) is 93.2 Å². The lowest BCUT2D eigenvalue weighted by atomic mass is 10.2. The van der Waals surface area contributed by atoms with Crippen LogP contribution >= 0.6 is 0 Å². The van der Waals surface area contributed by atoms with Crippen LogP contribution < -0.4 is 0 Å². The highest BCUT2D eigenvalue weighted by Crippen LogP contribution is 2.18. The van der Waals surface area contributed by atoms with Gasteiger partial charge in [-0.05, 0) is 51.5 Å². The van der Waals surface area contributed by atoms with E-state index in [-0.39, 0.29) is 29.5 Å². The number of hydrogen-bond acceptors (Lipinski definition) is 6. The van der Waals surface area contributed by atoms with Gasteiger partial charge >= 0.3 is 5.97 Å². The molecule has 9 heteroatoms. The van der Waals surface area contributed by atoms with Crippen LogP contribution in [0.15, 0.2) is 35.2 Å². The van der Waals surface area contributed by atoms with Crippen molar-refractivity contribution in [3.8, 4) is 0 Å². The molecule has 0 N–H and O–H groups in total. The molecule has 1 heterocycles. The van der Waals surface area contributed by atoms with Crippen LogP contribution in [0.4, 0.5) is 0 Å². The Hall–Kier alpha value is -2.23. The minimum absolute atomic E-state index is 0.0130. The van der Waals surface area contributed by atoms with Crippen LogP contribution in [-0.2, 0) is 29.1 Å². The van der Waals surface area contributed by atoms with Crippen molar-refractivity contribution in [2.45, 2.75) is 44.7 Å². The van der Waals surface area contributed by atoms with Crippen molar-refractivity contribution in [3.05, 3.63) is 35.9 Å².